The number of rotatable bonds is 4. The molecule has 17 heavy (non-hydrogen) atoms. The molecule has 2 atom stereocenters. The first-order valence-electron chi connectivity index (χ1n) is 6.66. The standard InChI is InChI=1S/C14H23N3/c1-3-4-14-11-17(12(2)9-16-14)10-13-5-7-15-8-6-13/h5-8,12,14,16H,3-4,9-11H2,1-2H3. The Kier molecular flexibility index (Phi) is 4.51. The van der Waals surface area contributed by atoms with E-state index >= 15 is 0 Å². The highest BCUT2D eigenvalue weighted by atomic mass is 15.2. The van der Waals surface area contributed by atoms with Crippen molar-refractivity contribution in [3.05, 3.63) is 30.1 Å². The second-order valence-electron chi connectivity index (χ2n) is 5.03. The van der Waals surface area contributed by atoms with Gasteiger partial charge in [-0.25, -0.2) is 0 Å². The molecule has 2 unspecified atom stereocenters. The lowest BCUT2D eigenvalue weighted by Gasteiger charge is -2.38. The molecule has 0 aromatic carbocycles. The third-order valence-electron chi connectivity index (χ3n) is 3.55. The number of aromatic nitrogens is 1. The summed E-state index contributed by atoms with van der Waals surface area (Å²) in [5.41, 5.74) is 1.36. The quantitative estimate of drug-likeness (QED) is 0.862. The minimum atomic E-state index is 0.622. The number of pyridine rings is 1. The van der Waals surface area contributed by atoms with Crippen molar-refractivity contribution >= 4 is 0 Å². The second kappa shape index (κ2) is 6.12. The van der Waals surface area contributed by atoms with Gasteiger partial charge in [-0.15, -0.1) is 0 Å². The Morgan fingerprint density at radius 3 is 2.88 bits per heavy atom. The second-order valence-corrected chi connectivity index (χ2v) is 5.03. The lowest BCUT2D eigenvalue weighted by atomic mass is 10.1. The lowest BCUT2D eigenvalue weighted by Crippen LogP contribution is -2.54. The Labute approximate surface area is 104 Å². The van der Waals surface area contributed by atoms with Crippen LogP contribution in [0.2, 0.25) is 0 Å². The van der Waals surface area contributed by atoms with Crippen molar-refractivity contribution < 1.29 is 0 Å². The fraction of sp³-hybridized carbons (Fsp3) is 0.643. The SMILES string of the molecule is CCCC1CN(Cc2ccncc2)C(C)CN1. The van der Waals surface area contributed by atoms with E-state index in [1.54, 1.807) is 0 Å². The van der Waals surface area contributed by atoms with Gasteiger partial charge < -0.3 is 5.32 Å². The average Bonchev–Trinajstić information content (AvgIpc) is 2.35. The molecule has 0 bridgehead atoms. The van der Waals surface area contributed by atoms with Crippen molar-refractivity contribution in [2.45, 2.75) is 45.3 Å². The number of hydrogen-bond donors (Lipinski definition) is 1. The van der Waals surface area contributed by atoms with Crippen molar-refractivity contribution in [1.29, 1.82) is 0 Å². The van der Waals surface area contributed by atoms with Gasteiger partial charge in [0.25, 0.3) is 0 Å². The Morgan fingerprint density at radius 2 is 2.18 bits per heavy atom. The predicted molar refractivity (Wildman–Crippen MR) is 70.8 cm³/mol. The molecule has 3 nitrogen and oxygen atoms in total. The molecule has 1 fully saturated rings. The first-order valence-corrected chi connectivity index (χ1v) is 6.66. The van der Waals surface area contributed by atoms with Crippen LogP contribution in [0.1, 0.15) is 32.3 Å². The molecule has 3 heteroatoms. The largest absolute Gasteiger partial charge is 0.311 e. The van der Waals surface area contributed by atoms with Crippen LogP contribution >= 0.6 is 0 Å². The fourth-order valence-corrected chi connectivity index (χ4v) is 2.48. The van der Waals surface area contributed by atoms with Gasteiger partial charge in [-0.05, 0) is 31.0 Å². The van der Waals surface area contributed by atoms with E-state index in [-0.39, 0.29) is 0 Å². The van der Waals surface area contributed by atoms with Gasteiger partial charge in [-0.3, -0.25) is 9.88 Å². The van der Waals surface area contributed by atoms with E-state index in [4.69, 9.17) is 0 Å². The molecule has 1 aliphatic heterocycles. The lowest BCUT2D eigenvalue weighted by molar-refractivity contribution is 0.129. The molecule has 0 spiro atoms. The van der Waals surface area contributed by atoms with Crippen LogP contribution in [-0.4, -0.2) is 35.1 Å². The van der Waals surface area contributed by atoms with Gasteiger partial charge in [-0.1, -0.05) is 13.3 Å². The third kappa shape index (κ3) is 3.51. The molecule has 1 aliphatic rings. The molecule has 2 rings (SSSR count). The number of nitrogens with zero attached hydrogens (tertiary/aromatic N) is 2. The summed E-state index contributed by atoms with van der Waals surface area (Å²) >= 11 is 0. The first-order chi connectivity index (χ1) is 8.29. The Bertz CT molecular complexity index is 325. The van der Waals surface area contributed by atoms with Gasteiger partial charge in [0.05, 0.1) is 0 Å². The molecule has 1 saturated heterocycles. The topological polar surface area (TPSA) is 28.2 Å². The van der Waals surface area contributed by atoms with Crippen molar-refractivity contribution in [2.75, 3.05) is 13.1 Å². The summed E-state index contributed by atoms with van der Waals surface area (Å²) in [6.45, 7) is 7.88. The molecule has 0 amide bonds. The first kappa shape index (κ1) is 12.5. The fourth-order valence-electron chi connectivity index (χ4n) is 2.48. The summed E-state index contributed by atoms with van der Waals surface area (Å²) in [5, 5.41) is 3.63. The zero-order valence-corrected chi connectivity index (χ0v) is 10.9. The van der Waals surface area contributed by atoms with Crippen molar-refractivity contribution in [2.24, 2.45) is 0 Å². The normalized spacial score (nSPS) is 26.0. The van der Waals surface area contributed by atoms with E-state index in [1.807, 2.05) is 12.4 Å². The minimum Gasteiger partial charge on any atom is -0.311 e. The van der Waals surface area contributed by atoms with Crippen LogP contribution in [0.4, 0.5) is 0 Å². The number of piperazine rings is 1. The third-order valence-corrected chi connectivity index (χ3v) is 3.55. The summed E-state index contributed by atoms with van der Waals surface area (Å²) in [4.78, 5) is 6.65. The van der Waals surface area contributed by atoms with Crippen LogP contribution in [0.3, 0.4) is 0 Å². The molecule has 1 aromatic heterocycles. The van der Waals surface area contributed by atoms with Crippen LogP contribution < -0.4 is 5.32 Å². The van der Waals surface area contributed by atoms with Crippen LogP contribution in [0.15, 0.2) is 24.5 Å². The van der Waals surface area contributed by atoms with Crippen molar-refractivity contribution in [3.63, 3.8) is 0 Å². The molecule has 0 saturated carbocycles. The molecule has 0 aliphatic carbocycles. The molecule has 2 heterocycles. The maximum Gasteiger partial charge on any atom is 0.0271 e. The van der Waals surface area contributed by atoms with E-state index < -0.39 is 0 Å². The molecular weight excluding hydrogens is 210 g/mol. The smallest absolute Gasteiger partial charge is 0.0271 e. The van der Waals surface area contributed by atoms with Crippen LogP contribution in [0.5, 0.6) is 0 Å². The highest BCUT2D eigenvalue weighted by molar-refractivity contribution is 5.10. The van der Waals surface area contributed by atoms with Crippen molar-refractivity contribution in [1.82, 2.24) is 15.2 Å². The molecular formula is C14H23N3. The molecule has 1 N–H and O–H groups in total. The van der Waals surface area contributed by atoms with Crippen LogP contribution in [0.25, 0.3) is 0 Å². The summed E-state index contributed by atoms with van der Waals surface area (Å²) in [5.74, 6) is 0. The van der Waals surface area contributed by atoms with Gasteiger partial charge in [0.2, 0.25) is 0 Å². The minimum absolute atomic E-state index is 0.622. The summed E-state index contributed by atoms with van der Waals surface area (Å²) in [7, 11) is 0. The Hall–Kier alpha value is -0.930. The van der Waals surface area contributed by atoms with E-state index in [0.29, 0.717) is 12.1 Å². The zero-order chi connectivity index (χ0) is 12.1. The summed E-state index contributed by atoms with van der Waals surface area (Å²) < 4.78 is 0. The average molecular weight is 233 g/mol. The van der Waals surface area contributed by atoms with Gasteiger partial charge in [0.15, 0.2) is 0 Å². The molecule has 0 radical (unpaired) electrons. The maximum atomic E-state index is 4.07. The maximum absolute atomic E-state index is 4.07. The van der Waals surface area contributed by atoms with E-state index in [1.165, 1.54) is 18.4 Å². The highest BCUT2D eigenvalue weighted by Gasteiger charge is 2.23. The van der Waals surface area contributed by atoms with Gasteiger partial charge in [0, 0.05) is 44.1 Å². The monoisotopic (exact) mass is 233 g/mol. The molecule has 94 valence electrons. The summed E-state index contributed by atoms with van der Waals surface area (Å²) in [6.07, 6.45) is 6.30. The van der Waals surface area contributed by atoms with E-state index in [9.17, 15) is 0 Å². The van der Waals surface area contributed by atoms with Gasteiger partial charge >= 0.3 is 0 Å². The number of hydrogen-bond acceptors (Lipinski definition) is 3. The summed E-state index contributed by atoms with van der Waals surface area (Å²) in [6, 6.07) is 5.52. The predicted octanol–water partition coefficient (Wildman–Crippen LogP) is 2.04. The highest BCUT2D eigenvalue weighted by Crippen LogP contribution is 2.13. The van der Waals surface area contributed by atoms with Gasteiger partial charge in [0.1, 0.15) is 0 Å². The van der Waals surface area contributed by atoms with Crippen molar-refractivity contribution in [3.8, 4) is 0 Å². The molecule has 1 aromatic rings. The van der Waals surface area contributed by atoms with Crippen LogP contribution in [0, 0.1) is 0 Å². The Balaban J connectivity index is 1.94. The van der Waals surface area contributed by atoms with Crippen LogP contribution in [-0.2, 0) is 6.54 Å². The van der Waals surface area contributed by atoms with E-state index in [0.717, 1.165) is 19.6 Å². The zero-order valence-electron chi connectivity index (χ0n) is 10.9. The Morgan fingerprint density at radius 1 is 1.41 bits per heavy atom. The number of nitrogens with one attached hydrogen (secondary N) is 1. The van der Waals surface area contributed by atoms with E-state index in [2.05, 4.69) is 41.2 Å². The van der Waals surface area contributed by atoms with Gasteiger partial charge in [-0.2, -0.15) is 0 Å².